The first kappa shape index (κ1) is 16.1. The van der Waals surface area contributed by atoms with E-state index in [1.165, 1.54) is 6.07 Å². The van der Waals surface area contributed by atoms with Crippen molar-refractivity contribution in [3.05, 3.63) is 35.4 Å². The van der Waals surface area contributed by atoms with Crippen LogP contribution in [-0.4, -0.2) is 23.0 Å². The van der Waals surface area contributed by atoms with E-state index < -0.39 is 29.6 Å². The molecule has 0 saturated heterocycles. The molecule has 20 heavy (non-hydrogen) atoms. The third-order valence-electron chi connectivity index (χ3n) is 2.87. The van der Waals surface area contributed by atoms with Gasteiger partial charge in [0.05, 0.1) is 0 Å². The van der Waals surface area contributed by atoms with E-state index in [0.717, 1.165) is 12.1 Å². The Morgan fingerprint density at radius 1 is 1.25 bits per heavy atom. The van der Waals surface area contributed by atoms with Gasteiger partial charge in [-0.05, 0) is 30.0 Å². The largest absolute Gasteiger partial charge is 0.480 e. The lowest BCUT2D eigenvalue weighted by molar-refractivity contribution is -0.143. The van der Waals surface area contributed by atoms with Crippen molar-refractivity contribution in [1.29, 1.82) is 0 Å². The maximum absolute atomic E-state index is 13.0. The van der Waals surface area contributed by atoms with Gasteiger partial charge in [0.1, 0.15) is 6.04 Å². The summed E-state index contributed by atoms with van der Waals surface area (Å²) in [7, 11) is 0. The molecule has 0 heterocycles. The molecule has 0 saturated carbocycles. The van der Waals surface area contributed by atoms with E-state index in [4.69, 9.17) is 5.11 Å². The predicted octanol–water partition coefficient (Wildman–Crippen LogP) is 2.12. The second kappa shape index (κ2) is 6.98. The molecular formula is C14H17F2NO3. The summed E-state index contributed by atoms with van der Waals surface area (Å²) < 4.78 is 25.7. The molecule has 1 rings (SSSR count). The fourth-order valence-electron chi connectivity index (χ4n) is 1.71. The molecule has 1 atom stereocenters. The van der Waals surface area contributed by atoms with Crippen LogP contribution in [0.4, 0.5) is 8.78 Å². The molecule has 1 amide bonds. The molecule has 2 N–H and O–H groups in total. The van der Waals surface area contributed by atoms with Gasteiger partial charge >= 0.3 is 5.97 Å². The molecule has 0 fully saturated rings. The van der Waals surface area contributed by atoms with Crippen LogP contribution in [0.2, 0.25) is 0 Å². The highest BCUT2D eigenvalue weighted by atomic mass is 19.2. The molecule has 0 radical (unpaired) electrons. The van der Waals surface area contributed by atoms with Crippen LogP contribution in [0.3, 0.4) is 0 Å². The molecule has 0 spiro atoms. The Kier molecular flexibility index (Phi) is 5.61. The van der Waals surface area contributed by atoms with E-state index in [1.54, 1.807) is 13.8 Å². The van der Waals surface area contributed by atoms with Gasteiger partial charge in [-0.25, -0.2) is 13.6 Å². The Morgan fingerprint density at radius 3 is 2.40 bits per heavy atom. The number of aliphatic carboxylic acids is 1. The molecular weight excluding hydrogens is 268 g/mol. The number of benzene rings is 1. The number of carboxylic acids is 1. The van der Waals surface area contributed by atoms with Crippen molar-refractivity contribution in [1.82, 2.24) is 5.32 Å². The summed E-state index contributed by atoms with van der Waals surface area (Å²) in [6, 6.07) is 2.46. The standard InChI is InChI=1S/C14H17F2NO3/c1-8(2)13(14(19)20)17-12(18)6-4-9-3-5-10(15)11(16)7-9/h3,5,7-8,13H,4,6H2,1-2H3,(H,17,18)(H,19,20)/t13-/m0/s1. The van der Waals surface area contributed by atoms with Crippen LogP contribution >= 0.6 is 0 Å². The lowest BCUT2D eigenvalue weighted by atomic mass is 10.0. The molecule has 0 aromatic heterocycles. The van der Waals surface area contributed by atoms with Crippen LogP contribution in [0.1, 0.15) is 25.8 Å². The van der Waals surface area contributed by atoms with Crippen molar-refractivity contribution in [3.8, 4) is 0 Å². The Labute approximate surface area is 115 Å². The molecule has 6 heteroatoms. The molecule has 1 aromatic carbocycles. The van der Waals surface area contributed by atoms with Crippen LogP contribution in [0.15, 0.2) is 18.2 Å². The summed E-state index contributed by atoms with van der Waals surface area (Å²) >= 11 is 0. The number of nitrogens with one attached hydrogen (secondary N) is 1. The third kappa shape index (κ3) is 4.60. The highest BCUT2D eigenvalue weighted by molar-refractivity contribution is 5.83. The average molecular weight is 285 g/mol. The van der Waals surface area contributed by atoms with Crippen molar-refractivity contribution in [2.75, 3.05) is 0 Å². The number of halogens is 2. The van der Waals surface area contributed by atoms with Gasteiger partial charge in [-0.1, -0.05) is 19.9 Å². The summed E-state index contributed by atoms with van der Waals surface area (Å²) in [5.74, 6) is -3.67. The van der Waals surface area contributed by atoms with Gasteiger partial charge < -0.3 is 10.4 Å². The topological polar surface area (TPSA) is 66.4 Å². The SMILES string of the molecule is CC(C)[C@H](NC(=O)CCc1ccc(F)c(F)c1)C(=O)O. The van der Waals surface area contributed by atoms with Crippen molar-refractivity contribution in [2.45, 2.75) is 32.7 Å². The summed E-state index contributed by atoms with van der Waals surface area (Å²) in [5, 5.41) is 11.3. The number of carbonyl (C=O) groups is 2. The first-order valence-corrected chi connectivity index (χ1v) is 6.27. The lowest BCUT2D eigenvalue weighted by Crippen LogP contribution is -2.44. The zero-order valence-electron chi connectivity index (χ0n) is 11.3. The Hall–Kier alpha value is -1.98. The monoisotopic (exact) mass is 285 g/mol. The van der Waals surface area contributed by atoms with Crippen molar-refractivity contribution >= 4 is 11.9 Å². The van der Waals surface area contributed by atoms with Crippen LogP contribution in [0.25, 0.3) is 0 Å². The average Bonchev–Trinajstić information content (AvgIpc) is 2.36. The maximum Gasteiger partial charge on any atom is 0.326 e. The normalized spacial score (nSPS) is 12.2. The molecule has 0 aliphatic heterocycles. The van der Waals surface area contributed by atoms with Gasteiger partial charge in [-0.2, -0.15) is 0 Å². The second-order valence-electron chi connectivity index (χ2n) is 4.88. The minimum absolute atomic E-state index is 0.0154. The first-order chi connectivity index (χ1) is 9.31. The Bertz CT molecular complexity index is 503. The molecule has 0 aliphatic rings. The number of hydrogen-bond donors (Lipinski definition) is 2. The summed E-state index contributed by atoms with van der Waals surface area (Å²) in [5.41, 5.74) is 0.482. The van der Waals surface area contributed by atoms with E-state index in [9.17, 15) is 18.4 Å². The van der Waals surface area contributed by atoms with Crippen molar-refractivity contribution < 1.29 is 23.5 Å². The zero-order valence-corrected chi connectivity index (χ0v) is 11.3. The smallest absolute Gasteiger partial charge is 0.326 e. The van der Waals surface area contributed by atoms with E-state index in [2.05, 4.69) is 5.32 Å². The van der Waals surface area contributed by atoms with Gasteiger partial charge in [0.15, 0.2) is 11.6 Å². The van der Waals surface area contributed by atoms with Gasteiger partial charge in [-0.15, -0.1) is 0 Å². The zero-order chi connectivity index (χ0) is 15.3. The second-order valence-corrected chi connectivity index (χ2v) is 4.88. The number of carboxylic acid groups (broad SMARTS) is 1. The third-order valence-corrected chi connectivity index (χ3v) is 2.87. The Morgan fingerprint density at radius 2 is 1.90 bits per heavy atom. The number of hydrogen-bond acceptors (Lipinski definition) is 2. The molecule has 0 bridgehead atoms. The van der Waals surface area contributed by atoms with Crippen LogP contribution in [0, 0.1) is 17.6 Å². The first-order valence-electron chi connectivity index (χ1n) is 6.27. The van der Waals surface area contributed by atoms with Crippen molar-refractivity contribution in [2.24, 2.45) is 5.92 Å². The molecule has 4 nitrogen and oxygen atoms in total. The predicted molar refractivity (Wildman–Crippen MR) is 69.1 cm³/mol. The van der Waals surface area contributed by atoms with E-state index >= 15 is 0 Å². The lowest BCUT2D eigenvalue weighted by Gasteiger charge is -2.17. The highest BCUT2D eigenvalue weighted by Crippen LogP contribution is 2.10. The van der Waals surface area contributed by atoms with Gasteiger partial charge in [0.25, 0.3) is 0 Å². The van der Waals surface area contributed by atoms with E-state index in [1.807, 2.05) is 0 Å². The van der Waals surface area contributed by atoms with E-state index in [-0.39, 0.29) is 18.8 Å². The number of rotatable bonds is 6. The fraction of sp³-hybridized carbons (Fsp3) is 0.429. The van der Waals surface area contributed by atoms with Gasteiger partial charge in [0, 0.05) is 6.42 Å². The van der Waals surface area contributed by atoms with Crippen LogP contribution in [0.5, 0.6) is 0 Å². The molecule has 1 aromatic rings. The van der Waals surface area contributed by atoms with Crippen molar-refractivity contribution in [3.63, 3.8) is 0 Å². The Balaban J connectivity index is 2.54. The van der Waals surface area contributed by atoms with Gasteiger partial charge in [-0.3, -0.25) is 4.79 Å². The minimum atomic E-state index is -1.10. The van der Waals surface area contributed by atoms with Gasteiger partial charge in [0.2, 0.25) is 5.91 Å². The summed E-state index contributed by atoms with van der Waals surface area (Å²) in [6.07, 6.45) is 0.231. The quantitative estimate of drug-likeness (QED) is 0.841. The number of amides is 1. The molecule has 110 valence electrons. The molecule has 0 unspecified atom stereocenters. The minimum Gasteiger partial charge on any atom is -0.480 e. The number of aryl methyl sites for hydroxylation is 1. The van der Waals surface area contributed by atoms with E-state index in [0.29, 0.717) is 5.56 Å². The summed E-state index contributed by atoms with van der Waals surface area (Å²) in [4.78, 5) is 22.6. The van der Waals surface area contributed by atoms with Crippen LogP contribution in [-0.2, 0) is 16.0 Å². The summed E-state index contributed by atoms with van der Waals surface area (Å²) in [6.45, 7) is 3.38. The molecule has 0 aliphatic carbocycles. The number of carbonyl (C=O) groups excluding carboxylic acids is 1. The van der Waals surface area contributed by atoms with Crippen LogP contribution < -0.4 is 5.32 Å². The maximum atomic E-state index is 13.0. The fourth-order valence-corrected chi connectivity index (χ4v) is 1.71. The highest BCUT2D eigenvalue weighted by Gasteiger charge is 2.23.